The summed E-state index contributed by atoms with van der Waals surface area (Å²) in [6.07, 6.45) is 0.588. The number of nitrogens with zero attached hydrogens (tertiary/aromatic N) is 3. The Morgan fingerprint density at radius 1 is 1.06 bits per heavy atom. The fourth-order valence-corrected chi connectivity index (χ4v) is 3.73. The number of fused-ring (bicyclic) bond motifs is 1. The van der Waals surface area contributed by atoms with Gasteiger partial charge in [-0.25, -0.2) is 4.98 Å². The maximum atomic E-state index is 12.7. The maximum Gasteiger partial charge on any atom is 0.417 e. The van der Waals surface area contributed by atoms with Gasteiger partial charge in [-0.1, -0.05) is 12.1 Å². The van der Waals surface area contributed by atoms with Crippen molar-refractivity contribution in [3.05, 3.63) is 83.4 Å². The topological polar surface area (TPSA) is 59.3 Å². The van der Waals surface area contributed by atoms with Crippen molar-refractivity contribution >= 4 is 17.2 Å². The van der Waals surface area contributed by atoms with Crippen LogP contribution in [0.15, 0.2) is 60.9 Å². The van der Waals surface area contributed by atoms with Crippen molar-refractivity contribution in [2.75, 3.05) is 5.32 Å². The van der Waals surface area contributed by atoms with Crippen molar-refractivity contribution in [2.45, 2.75) is 31.9 Å². The van der Waals surface area contributed by atoms with Gasteiger partial charge in [0.2, 0.25) is 0 Å². The van der Waals surface area contributed by atoms with Crippen LogP contribution >= 0.6 is 0 Å². The van der Waals surface area contributed by atoms with Crippen LogP contribution in [-0.2, 0) is 6.18 Å². The summed E-state index contributed by atoms with van der Waals surface area (Å²) < 4.78 is 40.1. The molecule has 5 rings (SSSR count). The molecule has 1 amide bonds. The number of pyridine rings is 2. The number of alkyl halides is 3. The molecule has 0 spiro atoms. The molecule has 5 nitrogen and oxygen atoms in total. The van der Waals surface area contributed by atoms with E-state index in [1.807, 2.05) is 29.7 Å². The predicted octanol–water partition coefficient (Wildman–Crippen LogP) is 5.85. The molecule has 1 aromatic carbocycles. The van der Waals surface area contributed by atoms with Crippen LogP contribution in [0.3, 0.4) is 0 Å². The number of anilines is 1. The number of aryl methyl sites for hydroxylation is 1. The molecule has 162 valence electrons. The number of imidazole rings is 1. The summed E-state index contributed by atoms with van der Waals surface area (Å²) >= 11 is 0. The third-order valence-electron chi connectivity index (χ3n) is 5.65. The van der Waals surface area contributed by atoms with Crippen LogP contribution in [-0.4, -0.2) is 20.3 Å². The Morgan fingerprint density at radius 3 is 2.44 bits per heavy atom. The number of halogens is 3. The van der Waals surface area contributed by atoms with Crippen LogP contribution in [0.25, 0.3) is 16.9 Å². The van der Waals surface area contributed by atoms with Crippen molar-refractivity contribution < 1.29 is 18.0 Å². The number of hydrogen-bond donors (Lipinski definition) is 1. The van der Waals surface area contributed by atoms with Crippen LogP contribution in [0.4, 0.5) is 18.9 Å². The van der Waals surface area contributed by atoms with Gasteiger partial charge in [0.15, 0.2) is 0 Å². The van der Waals surface area contributed by atoms with Crippen molar-refractivity contribution in [3.63, 3.8) is 0 Å². The highest BCUT2D eigenvalue weighted by Crippen LogP contribution is 2.41. The molecule has 0 aliphatic heterocycles. The highest BCUT2D eigenvalue weighted by atomic mass is 19.4. The number of aromatic nitrogens is 3. The third-order valence-corrected chi connectivity index (χ3v) is 5.65. The Balaban J connectivity index is 1.32. The Hall–Kier alpha value is -3.68. The van der Waals surface area contributed by atoms with Gasteiger partial charge < -0.3 is 9.72 Å². The van der Waals surface area contributed by atoms with E-state index in [-0.39, 0.29) is 5.91 Å². The van der Waals surface area contributed by atoms with E-state index in [0.717, 1.165) is 29.3 Å². The molecule has 1 aliphatic rings. The van der Waals surface area contributed by atoms with Crippen LogP contribution in [0.5, 0.6) is 0 Å². The Morgan fingerprint density at radius 2 is 1.81 bits per heavy atom. The Bertz CT molecular complexity index is 1300. The third kappa shape index (κ3) is 3.84. The first-order valence-corrected chi connectivity index (χ1v) is 10.2. The van der Waals surface area contributed by atoms with Crippen molar-refractivity contribution in [1.82, 2.24) is 14.4 Å². The van der Waals surface area contributed by atoms with Gasteiger partial charge in [0.05, 0.1) is 22.6 Å². The molecule has 32 heavy (non-hydrogen) atoms. The number of amides is 1. The minimum absolute atomic E-state index is 0.281. The molecule has 0 atom stereocenters. The van der Waals surface area contributed by atoms with Crippen LogP contribution in [0.2, 0.25) is 0 Å². The summed E-state index contributed by atoms with van der Waals surface area (Å²) in [5, 5.41) is 2.89. The second kappa shape index (κ2) is 7.47. The van der Waals surface area contributed by atoms with Gasteiger partial charge in [0.1, 0.15) is 5.65 Å². The zero-order chi connectivity index (χ0) is 22.5. The minimum Gasteiger partial charge on any atom is -0.321 e. The lowest BCUT2D eigenvalue weighted by Crippen LogP contribution is -2.12. The molecule has 1 aliphatic carbocycles. The standard InChI is InChI=1S/C24H19F3N4O/c1-14-22(16-4-5-16)30-21-11-9-19(13-31(14)21)29-23(32)17-6-2-15(3-7-17)20-10-8-18(12-28-20)24(25,26)27/h2-3,6-13,16H,4-5H2,1H3,(H,29,32). The largest absolute Gasteiger partial charge is 0.417 e. The molecule has 1 fully saturated rings. The lowest BCUT2D eigenvalue weighted by atomic mass is 10.1. The molecular formula is C24H19F3N4O. The first-order chi connectivity index (χ1) is 15.3. The fourth-order valence-electron chi connectivity index (χ4n) is 3.73. The lowest BCUT2D eigenvalue weighted by Gasteiger charge is -2.09. The molecular weight excluding hydrogens is 417 g/mol. The molecule has 3 heterocycles. The predicted molar refractivity (Wildman–Crippen MR) is 115 cm³/mol. The number of carbonyl (C=O) groups is 1. The summed E-state index contributed by atoms with van der Waals surface area (Å²) in [4.78, 5) is 21.3. The first-order valence-electron chi connectivity index (χ1n) is 10.2. The molecule has 0 radical (unpaired) electrons. The van der Waals surface area contributed by atoms with Gasteiger partial charge in [0, 0.05) is 35.1 Å². The Kier molecular flexibility index (Phi) is 4.73. The second-order valence-electron chi connectivity index (χ2n) is 7.96. The van der Waals surface area contributed by atoms with Gasteiger partial charge in [-0.15, -0.1) is 0 Å². The van der Waals surface area contributed by atoms with Crippen LogP contribution in [0.1, 0.15) is 46.1 Å². The van der Waals surface area contributed by atoms with Gasteiger partial charge in [-0.3, -0.25) is 9.78 Å². The SMILES string of the molecule is Cc1c(C2CC2)nc2ccc(NC(=O)c3ccc(-c4ccc(C(F)(F)F)cn4)cc3)cn12. The van der Waals surface area contributed by atoms with E-state index < -0.39 is 11.7 Å². The van der Waals surface area contributed by atoms with Gasteiger partial charge in [0.25, 0.3) is 5.91 Å². The number of carbonyl (C=O) groups excluding carboxylic acids is 1. The number of hydrogen-bond acceptors (Lipinski definition) is 3. The highest BCUT2D eigenvalue weighted by Gasteiger charge is 2.31. The van der Waals surface area contributed by atoms with Gasteiger partial charge in [-0.2, -0.15) is 13.2 Å². The van der Waals surface area contributed by atoms with Crippen molar-refractivity contribution in [2.24, 2.45) is 0 Å². The minimum atomic E-state index is -4.43. The van der Waals surface area contributed by atoms with E-state index in [4.69, 9.17) is 4.98 Å². The van der Waals surface area contributed by atoms with E-state index in [1.165, 1.54) is 18.9 Å². The molecule has 0 saturated heterocycles. The quantitative estimate of drug-likeness (QED) is 0.436. The smallest absolute Gasteiger partial charge is 0.321 e. The zero-order valence-electron chi connectivity index (χ0n) is 17.1. The van der Waals surface area contributed by atoms with Crippen LogP contribution in [0, 0.1) is 6.92 Å². The van der Waals surface area contributed by atoms with E-state index in [2.05, 4.69) is 10.3 Å². The maximum absolute atomic E-state index is 12.7. The summed E-state index contributed by atoms with van der Waals surface area (Å²) in [5.41, 5.74) is 4.38. The molecule has 1 N–H and O–H groups in total. The summed E-state index contributed by atoms with van der Waals surface area (Å²) in [6.45, 7) is 2.03. The van der Waals surface area contributed by atoms with Crippen molar-refractivity contribution in [3.8, 4) is 11.3 Å². The monoisotopic (exact) mass is 436 g/mol. The molecule has 0 unspecified atom stereocenters. The normalized spacial score (nSPS) is 14.0. The Labute approximate surface area is 181 Å². The number of benzene rings is 1. The first kappa shape index (κ1) is 20.2. The highest BCUT2D eigenvalue weighted by molar-refractivity contribution is 6.04. The zero-order valence-corrected chi connectivity index (χ0v) is 17.1. The molecule has 3 aromatic heterocycles. The fraction of sp³-hybridized carbons (Fsp3) is 0.208. The summed E-state index contributed by atoms with van der Waals surface area (Å²) in [6, 6.07) is 12.6. The van der Waals surface area contributed by atoms with Crippen molar-refractivity contribution in [1.29, 1.82) is 0 Å². The lowest BCUT2D eigenvalue weighted by molar-refractivity contribution is -0.137. The van der Waals surface area contributed by atoms with E-state index in [9.17, 15) is 18.0 Å². The average Bonchev–Trinajstić information content (AvgIpc) is 3.57. The summed E-state index contributed by atoms with van der Waals surface area (Å²) in [5.74, 6) is 0.266. The van der Waals surface area contributed by atoms with E-state index >= 15 is 0 Å². The summed E-state index contributed by atoms with van der Waals surface area (Å²) in [7, 11) is 0. The molecule has 1 saturated carbocycles. The number of rotatable bonds is 4. The number of nitrogens with one attached hydrogen (secondary N) is 1. The molecule has 4 aromatic rings. The van der Waals surface area contributed by atoms with E-state index in [0.29, 0.717) is 28.4 Å². The van der Waals surface area contributed by atoms with Gasteiger partial charge in [-0.05, 0) is 56.2 Å². The second-order valence-corrected chi connectivity index (χ2v) is 7.96. The molecule has 0 bridgehead atoms. The van der Waals surface area contributed by atoms with Crippen LogP contribution < -0.4 is 5.32 Å². The van der Waals surface area contributed by atoms with Gasteiger partial charge >= 0.3 is 6.18 Å². The van der Waals surface area contributed by atoms with E-state index in [1.54, 1.807) is 24.3 Å². The average molecular weight is 436 g/mol. The molecule has 8 heteroatoms.